The molecule has 0 saturated heterocycles. The van der Waals surface area contributed by atoms with Crippen molar-refractivity contribution in [2.45, 2.75) is 40.0 Å². The molecule has 4 nitrogen and oxygen atoms in total. The molecule has 0 amide bonds. The number of rotatable bonds is 8. The smallest absolute Gasteiger partial charge is 0.203 e. The van der Waals surface area contributed by atoms with E-state index in [0.717, 1.165) is 35.2 Å². The maximum absolute atomic E-state index is 5.68. The van der Waals surface area contributed by atoms with Crippen LogP contribution in [0, 0.1) is 13.8 Å². The minimum Gasteiger partial charge on any atom is -0.494 e. The van der Waals surface area contributed by atoms with Crippen molar-refractivity contribution < 1.29 is 4.74 Å². The van der Waals surface area contributed by atoms with E-state index < -0.39 is 0 Å². The van der Waals surface area contributed by atoms with Gasteiger partial charge in [-0.3, -0.25) is 5.43 Å². The second-order valence-electron chi connectivity index (χ2n) is 5.16. The zero-order valence-corrected chi connectivity index (χ0v) is 14.2. The molecular weight excluding hydrogens is 294 g/mol. The average Bonchev–Trinajstić information content (AvgIpc) is 2.84. The monoisotopic (exact) mass is 317 g/mol. The average molecular weight is 317 g/mol. The summed E-state index contributed by atoms with van der Waals surface area (Å²) in [6.07, 6.45) is 5.32. The highest BCUT2D eigenvalue weighted by Crippen LogP contribution is 2.20. The first-order valence-electron chi connectivity index (χ1n) is 7.65. The number of anilines is 1. The summed E-state index contributed by atoms with van der Waals surface area (Å²) >= 11 is 1.61. The van der Waals surface area contributed by atoms with Gasteiger partial charge in [-0.2, -0.15) is 5.10 Å². The molecule has 0 bridgehead atoms. The number of hydrogen-bond acceptors (Lipinski definition) is 5. The lowest BCUT2D eigenvalue weighted by atomic mass is 10.2. The van der Waals surface area contributed by atoms with Crippen molar-refractivity contribution in [3.63, 3.8) is 0 Å². The molecule has 1 aromatic carbocycles. The first-order valence-corrected chi connectivity index (χ1v) is 8.46. The van der Waals surface area contributed by atoms with E-state index in [4.69, 9.17) is 4.74 Å². The van der Waals surface area contributed by atoms with E-state index in [9.17, 15) is 0 Å². The van der Waals surface area contributed by atoms with Crippen LogP contribution in [0.3, 0.4) is 0 Å². The Bertz CT molecular complexity index is 585. The SMILES string of the molecule is CCCCCOc1ccc(/C=N\Nc2nc(C)c(C)s2)cc1. The summed E-state index contributed by atoms with van der Waals surface area (Å²) in [5, 5.41) is 5.04. The van der Waals surface area contributed by atoms with Gasteiger partial charge in [-0.1, -0.05) is 19.8 Å². The van der Waals surface area contributed by atoms with Crippen molar-refractivity contribution in [3.05, 3.63) is 40.4 Å². The third kappa shape index (κ3) is 5.15. The predicted octanol–water partition coefficient (Wildman–Crippen LogP) is 4.77. The van der Waals surface area contributed by atoms with E-state index in [-0.39, 0.29) is 0 Å². The van der Waals surface area contributed by atoms with Gasteiger partial charge in [0.25, 0.3) is 0 Å². The number of aromatic nitrogens is 1. The molecule has 0 aliphatic heterocycles. The molecule has 0 atom stereocenters. The van der Waals surface area contributed by atoms with Crippen LogP contribution >= 0.6 is 11.3 Å². The molecule has 0 spiro atoms. The lowest BCUT2D eigenvalue weighted by molar-refractivity contribution is 0.306. The number of hydrazone groups is 1. The van der Waals surface area contributed by atoms with Crippen LogP contribution in [0.25, 0.3) is 0 Å². The van der Waals surface area contributed by atoms with Crippen LogP contribution in [-0.2, 0) is 0 Å². The highest BCUT2D eigenvalue weighted by atomic mass is 32.1. The van der Waals surface area contributed by atoms with Crippen molar-refractivity contribution in [2.24, 2.45) is 5.10 Å². The van der Waals surface area contributed by atoms with Crippen molar-refractivity contribution >= 4 is 22.7 Å². The molecule has 2 aromatic rings. The molecule has 1 aromatic heterocycles. The van der Waals surface area contributed by atoms with Gasteiger partial charge in [0.2, 0.25) is 5.13 Å². The number of aryl methyl sites for hydroxylation is 2. The Morgan fingerprint density at radius 2 is 2.00 bits per heavy atom. The molecule has 2 rings (SSSR count). The Balaban J connectivity index is 1.81. The van der Waals surface area contributed by atoms with Gasteiger partial charge in [-0.15, -0.1) is 11.3 Å². The fourth-order valence-corrected chi connectivity index (χ4v) is 2.64. The Labute approximate surface area is 136 Å². The molecule has 118 valence electrons. The molecule has 1 heterocycles. The fourth-order valence-electron chi connectivity index (χ4n) is 1.87. The van der Waals surface area contributed by atoms with Crippen molar-refractivity contribution in [2.75, 3.05) is 12.0 Å². The van der Waals surface area contributed by atoms with Gasteiger partial charge in [-0.05, 0) is 50.1 Å². The highest BCUT2D eigenvalue weighted by Gasteiger charge is 2.01. The molecule has 22 heavy (non-hydrogen) atoms. The van der Waals surface area contributed by atoms with E-state index in [1.165, 1.54) is 17.7 Å². The van der Waals surface area contributed by atoms with Crippen LogP contribution in [-0.4, -0.2) is 17.8 Å². The van der Waals surface area contributed by atoms with Crippen LogP contribution in [0.15, 0.2) is 29.4 Å². The van der Waals surface area contributed by atoms with E-state index in [2.05, 4.69) is 29.4 Å². The number of benzene rings is 1. The minimum absolute atomic E-state index is 0.783. The van der Waals surface area contributed by atoms with Gasteiger partial charge < -0.3 is 4.74 Å². The Hall–Kier alpha value is -1.88. The summed E-state index contributed by atoms with van der Waals surface area (Å²) in [4.78, 5) is 5.59. The second-order valence-corrected chi connectivity index (χ2v) is 6.36. The Kier molecular flexibility index (Phi) is 6.40. The van der Waals surface area contributed by atoms with E-state index in [0.29, 0.717) is 0 Å². The van der Waals surface area contributed by atoms with Crippen molar-refractivity contribution in [3.8, 4) is 5.75 Å². The van der Waals surface area contributed by atoms with Crippen LogP contribution in [0.2, 0.25) is 0 Å². The molecule has 0 fully saturated rings. The largest absolute Gasteiger partial charge is 0.494 e. The Morgan fingerprint density at radius 3 is 2.64 bits per heavy atom. The number of hydrogen-bond donors (Lipinski definition) is 1. The third-order valence-electron chi connectivity index (χ3n) is 3.30. The summed E-state index contributed by atoms with van der Waals surface area (Å²) in [7, 11) is 0. The first kappa shape index (κ1) is 16.5. The summed E-state index contributed by atoms with van der Waals surface area (Å²) < 4.78 is 5.68. The van der Waals surface area contributed by atoms with Gasteiger partial charge in [0.05, 0.1) is 18.5 Å². The predicted molar refractivity (Wildman–Crippen MR) is 94.3 cm³/mol. The number of unbranched alkanes of at least 4 members (excludes halogenated alkanes) is 2. The van der Waals surface area contributed by atoms with Crippen LogP contribution < -0.4 is 10.2 Å². The second kappa shape index (κ2) is 8.54. The maximum atomic E-state index is 5.68. The molecule has 5 heteroatoms. The van der Waals surface area contributed by atoms with Gasteiger partial charge in [0, 0.05) is 4.88 Å². The summed E-state index contributed by atoms with van der Waals surface area (Å²) in [6, 6.07) is 7.95. The molecule has 1 N–H and O–H groups in total. The lowest BCUT2D eigenvalue weighted by Gasteiger charge is -2.05. The Morgan fingerprint density at radius 1 is 1.23 bits per heavy atom. The molecule has 0 radical (unpaired) electrons. The summed E-state index contributed by atoms with van der Waals surface area (Å²) in [5.41, 5.74) is 5.04. The standard InChI is InChI=1S/C17H23N3OS/c1-4-5-6-11-21-16-9-7-15(8-10-16)12-18-20-17-19-13(2)14(3)22-17/h7-10,12H,4-6,11H2,1-3H3,(H,19,20)/b18-12-. The molecule has 0 saturated carbocycles. The first-order chi connectivity index (χ1) is 10.7. The summed E-state index contributed by atoms with van der Waals surface area (Å²) in [6.45, 7) is 7.03. The molecule has 0 unspecified atom stereocenters. The normalized spacial score (nSPS) is 11.0. The van der Waals surface area contributed by atoms with E-state index in [1.54, 1.807) is 17.6 Å². The number of thiazole rings is 1. The van der Waals surface area contributed by atoms with Crippen molar-refractivity contribution in [1.29, 1.82) is 0 Å². The molecule has 0 aliphatic rings. The van der Waals surface area contributed by atoms with E-state index >= 15 is 0 Å². The quantitative estimate of drug-likeness (QED) is 0.433. The number of nitrogens with one attached hydrogen (secondary N) is 1. The third-order valence-corrected chi connectivity index (χ3v) is 4.28. The van der Waals surface area contributed by atoms with Crippen LogP contribution in [0.4, 0.5) is 5.13 Å². The van der Waals surface area contributed by atoms with E-state index in [1.807, 2.05) is 31.2 Å². The zero-order chi connectivity index (χ0) is 15.8. The minimum atomic E-state index is 0.783. The van der Waals surface area contributed by atoms with Crippen LogP contribution in [0.1, 0.15) is 42.3 Å². The zero-order valence-electron chi connectivity index (χ0n) is 13.4. The molecule has 0 aliphatic carbocycles. The number of ether oxygens (including phenoxy) is 1. The van der Waals surface area contributed by atoms with Crippen molar-refractivity contribution in [1.82, 2.24) is 4.98 Å². The van der Waals surface area contributed by atoms with Gasteiger partial charge in [0.15, 0.2) is 0 Å². The number of nitrogens with zero attached hydrogens (tertiary/aromatic N) is 2. The van der Waals surface area contributed by atoms with Gasteiger partial charge in [0.1, 0.15) is 5.75 Å². The lowest BCUT2D eigenvalue weighted by Crippen LogP contribution is -1.97. The fraction of sp³-hybridized carbons (Fsp3) is 0.412. The topological polar surface area (TPSA) is 46.5 Å². The molecular formula is C17H23N3OS. The van der Waals surface area contributed by atoms with Gasteiger partial charge in [-0.25, -0.2) is 4.98 Å². The highest BCUT2D eigenvalue weighted by molar-refractivity contribution is 7.15. The van der Waals surface area contributed by atoms with Gasteiger partial charge >= 0.3 is 0 Å². The maximum Gasteiger partial charge on any atom is 0.203 e. The summed E-state index contributed by atoms with van der Waals surface area (Å²) in [5.74, 6) is 0.910. The van der Waals surface area contributed by atoms with Crippen LogP contribution in [0.5, 0.6) is 5.75 Å².